The molecular formula is C10H16N2O5S. The van der Waals surface area contributed by atoms with Crippen LogP contribution in [0.4, 0.5) is 0 Å². The van der Waals surface area contributed by atoms with Crippen LogP contribution in [0.15, 0.2) is 17.2 Å². The van der Waals surface area contributed by atoms with E-state index in [2.05, 4.69) is 4.72 Å². The summed E-state index contributed by atoms with van der Waals surface area (Å²) in [4.78, 5) is 10.7. The molecule has 0 aliphatic carbocycles. The van der Waals surface area contributed by atoms with Gasteiger partial charge >= 0.3 is 5.97 Å². The maximum atomic E-state index is 11.8. The maximum absolute atomic E-state index is 11.8. The van der Waals surface area contributed by atoms with Gasteiger partial charge < -0.3 is 14.8 Å². The summed E-state index contributed by atoms with van der Waals surface area (Å²) in [5, 5.41) is 18.3. The number of nitrogens with zero attached hydrogens (tertiary/aromatic N) is 1. The Morgan fingerprint density at radius 2 is 2.06 bits per heavy atom. The number of aryl methyl sites for hydroxylation is 1. The lowest BCUT2D eigenvalue weighted by atomic mass is 10.1. The van der Waals surface area contributed by atoms with Gasteiger partial charge in [0, 0.05) is 19.8 Å². The van der Waals surface area contributed by atoms with Crippen LogP contribution in [0.3, 0.4) is 0 Å². The summed E-state index contributed by atoms with van der Waals surface area (Å²) in [6, 6.07) is 1.06. The monoisotopic (exact) mass is 276 g/mol. The van der Waals surface area contributed by atoms with Gasteiger partial charge in [0.05, 0.1) is 5.60 Å². The molecule has 3 N–H and O–H groups in total. The SMILES string of the molecule is Cn1cc(S(=O)(=O)NCC(C)(C)O)cc1C(=O)O. The van der Waals surface area contributed by atoms with Crippen LogP contribution in [0.2, 0.25) is 0 Å². The zero-order valence-corrected chi connectivity index (χ0v) is 11.2. The lowest BCUT2D eigenvalue weighted by Gasteiger charge is -2.17. The Morgan fingerprint density at radius 1 is 1.50 bits per heavy atom. The Hall–Kier alpha value is -1.38. The molecule has 7 nitrogen and oxygen atoms in total. The Bertz CT molecular complexity index is 553. The number of aromatic carboxylic acids is 1. The molecule has 0 aromatic carbocycles. The molecule has 0 unspecified atom stereocenters. The van der Waals surface area contributed by atoms with Gasteiger partial charge in [-0.25, -0.2) is 17.9 Å². The first-order valence-corrected chi connectivity index (χ1v) is 6.63. The summed E-state index contributed by atoms with van der Waals surface area (Å²) >= 11 is 0. The lowest BCUT2D eigenvalue weighted by Crippen LogP contribution is -2.38. The number of carbonyl (C=O) groups is 1. The minimum atomic E-state index is -3.82. The van der Waals surface area contributed by atoms with E-state index in [9.17, 15) is 18.3 Å². The van der Waals surface area contributed by atoms with Gasteiger partial charge in [-0.05, 0) is 19.9 Å². The van der Waals surface area contributed by atoms with Crippen molar-refractivity contribution in [3.63, 3.8) is 0 Å². The molecule has 0 aliphatic heterocycles. The van der Waals surface area contributed by atoms with Gasteiger partial charge in [-0.1, -0.05) is 0 Å². The summed E-state index contributed by atoms with van der Waals surface area (Å²) in [6.07, 6.45) is 1.20. The first-order chi connectivity index (χ1) is 8.03. The van der Waals surface area contributed by atoms with Gasteiger partial charge in [-0.3, -0.25) is 0 Å². The second-order valence-corrected chi connectivity index (χ2v) is 6.38. The number of hydrogen-bond donors (Lipinski definition) is 3. The molecule has 1 rings (SSSR count). The molecular weight excluding hydrogens is 260 g/mol. The van der Waals surface area contributed by atoms with Gasteiger partial charge in [-0.2, -0.15) is 0 Å². The quantitative estimate of drug-likeness (QED) is 0.688. The third kappa shape index (κ3) is 3.56. The molecule has 18 heavy (non-hydrogen) atoms. The molecule has 1 heterocycles. The fourth-order valence-electron chi connectivity index (χ4n) is 1.25. The molecule has 0 amide bonds. The minimum Gasteiger partial charge on any atom is -0.477 e. The van der Waals surface area contributed by atoms with Crippen molar-refractivity contribution in [1.82, 2.24) is 9.29 Å². The molecule has 8 heteroatoms. The Kier molecular flexibility index (Phi) is 3.84. The van der Waals surface area contributed by atoms with Gasteiger partial charge in [0.25, 0.3) is 0 Å². The van der Waals surface area contributed by atoms with Crippen molar-refractivity contribution in [2.24, 2.45) is 7.05 Å². The molecule has 0 saturated carbocycles. The predicted octanol–water partition coefficient (Wildman–Crippen LogP) is -0.228. The van der Waals surface area contributed by atoms with Gasteiger partial charge in [0.15, 0.2) is 0 Å². The highest BCUT2D eigenvalue weighted by Gasteiger charge is 2.22. The highest BCUT2D eigenvalue weighted by atomic mass is 32.2. The fourth-order valence-corrected chi connectivity index (χ4v) is 2.52. The molecule has 0 atom stereocenters. The summed E-state index contributed by atoms with van der Waals surface area (Å²) in [5.41, 5.74) is -1.31. The summed E-state index contributed by atoms with van der Waals surface area (Å²) in [7, 11) is -2.38. The Balaban J connectivity index is 2.99. The van der Waals surface area contributed by atoms with E-state index < -0.39 is 21.6 Å². The van der Waals surface area contributed by atoms with E-state index in [4.69, 9.17) is 5.11 Å². The summed E-state index contributed by atoms with van der Waals surface area (Å²) in [6.45, 7) is 2.76. The molecule has 0 radical (unpaired) electrons. The van der Waals surface area contributed by atoms with Crippen LogP contribution in [0.25, 0.3) is 0 Å². The second kappa shape index (κ2) is 4.71. The van der Waals surface area contributed by atoms with Crippen molar-refractivity contribution >= 4 is 16.0 Å². The van der Waals surface area contributed by atoms with E-state index in [-0.39, 0.29) is 17.1 Å². The number of aliphatic hydroxyl groups is 1. The molecule has 0 bridgehead atoms. The van der Waals surface area contributed by atoms with E-state index in [0.29, 0.717) is 0 Å². The molecule has 0 spiro atoms. The van der Waals surface area contributed by atoms with E-state index >= 15 is 0 Å². The first-order valence-electron chi connectivity index (χ1n) is 5.15. The van der Waals surface area contributed by atoms with Crippen LogP contribution in [0.5, 0.6) is 0 Å². The number of nitrogens with one attached hydrogen (secondary N) is 1. The number of carboxylic acid groups (broad SMARTS) is 1. The molecule has 102 valence electrons. The van der Waals surface area contributed by atoms with Crippen molar-refractivity contribution in [1.29, 1.82) is 0 Å². The largest absolute Gasteiger partial charge is 0.477 e. The number of sulfonamides is 1. The van der Waals surface area contributed by atoms with Crippen LogP contribution >= 0.6 is 0 Å². The molecule has 0 saturated heterocycles. The molecule has 0 aliphatic rings. The average Bonchev–Trinajstić information content (AvgIpc) is 2.57. The Labute approximate surface area is 105 Å². The predicted molar refractivity (Wildman–Crippen MR) is 63.9 cm³/mol. The smallest absolute Gasteiger partial charge is 0.352 e. The third-order valence-electron chi connectivity index (χ3n) is 2.20. The van der Waals surface area contributed by atoms with Crippen LogP contribution in [0, 0.1) is 0 Å². The second-order valence-electron chi connectivity index (χ2n) is 4.61. The molecule has 1 aromatic heterocycles. The van der Waals surface area contributed by atoms with Crippen molar-refractivity contribution in [3.05, 3.63) is 18.0 Å². The number of aromatic nitrogens is 1. The van der Waals surface area contributed by atoms with E-state index in [1.807, 2.05) is 0 Å². The minimum absolute atomic E-state index is 0.126. The van der Waals surface area contributed by atoms with Crippen LogP contribution in [-0.2, 0) is 17.1 Å². The zero-order valence-electron chi connectivity index (χ0n) is 10.3. The third-order valence-corrected chi connectivity index (χ3v) is 3.57. The summed E-state index contributed by atoms with van der Waals surface area (Å²) in [5.74, 6) is -1.21. The Morgan fingerprint density at radius 3 is 2.44 bits per heavy atom. The fraction of sp³-hybridized carbons (Fsp3) is 0.500. The average molecular weight is 276 g/mol. The number of hydrogen-bond acceptors (Lipinski definition) is 4. The standard InChI is InChI=1S/C10H16N2O5S/c1-10(2,15)6-11-18(16,17)7-4-8(9(13)14)12(3)5-7/h4-5,11,15H,6H2,1-3H3,(H,13,14). The van der Waals surface area contributed by atoms with Crippen molar-refractivity contribution in [2.45, 2.75) is 24.3 Å². The van der Waals surface area contributed by atoms with Crippen LogP contribution < -0.4 is 4.72 Å². The molecule has 1 aromatic rings. The van der Waals surface area contributed by atoms with Crippen LogP contribution in [-0.4, -0.2) is 41.3 Å². The van der Waals surface area contributed by atoms with Gasteiger partial charge in [0.1, 0.15) is 10.6 Å². The van der Waals surface area contributed by atoms with Crippen LogP contribution in [0.1, 0.15) is 24.3 Å². The highest BCUT2D eigenvalue weighted by molar-refractivity contribution is 7.89. The lowest BCUT2D eigenvalue weighted by molar-refractivity contribution is 0.0686. The summed E-state index contributed by atoms with van der Waals surface area (Å²) < 4.78 is 27.1. The van der Waals surface area contributed by atoms with Crippen molar-refractivity contribution in [2.75, 3.05) is 6.54 Å². The van der Waals surface area contributed by atoms with E-state index in [0.717, 1.165) is 6.07 Å². The first kappa shape index (κ1) is 14.7. The highest BCUT2D eigenvalue weighted by Crippen LogP contribution is 2.14. The van der Waals surface area contributed by atoms with E-state index in [1.54, 1.807) is 0 Å². The van der Waals surface area contributed by atoms with Gasteiger partial charge in [-0.15, -0.1) is 0 Å². The molecule has 0 fully saturated rings. The van der Waals surface area contributed by atoms with Crippen molar-refractivity contribution < 1.29 is 23.4 Å². The number of rotatable bonds is 5. The van der Waals surface area contributed by atoms with Gasteiger partial charge in [0.2, 0.25) is 10.0 Å². The van der Waals surface area contributed by atoms with Crippen molar-refractivity contribution in [3.8, 4) is 0 Å². The van der Waals surface area contributed by atoms with E-state index in [1.165, 1.54) is 31.7 Å². The topological polar surface area (TPSA) is 109 Å². The zero-order chi connectivity index (χ0) is 14.1. The normalized spacial score (nSPS) is 12.7. The number of carboxylic acids is 1. The maximum Gasteiger partial charge on any atom is 0.352 e.